The molecule has 1 aromatic carbocycles. The van der Waals surface area contributed by atoms with Crippen LogP contribution in [0.5, 0.6) is 0 Å². The fourth-order valence-corrected chi connectivity index (χ4v) is 1.79. The molecule has 0 atom stereocenters. The van der Waals surface area contributed by atoms with Gasteiger partial charge in [0.25, 0.3) is 0 Å². The van der Waals surface area contributed by atoms with E-state index in [9.17, 15) is 4.39 Å². The molecule has 1 aromatic rings. The van der Waals surface area contributed by atoms with Crippen LogP contribution in [0.15, 0.2) is 29.8 Å². The molecule has 0 unspecified atom stereocenters. The van der Waals surface area contributed by atoms with Crippen LogP contribution in [-0.4, -0.2) is 13.1 Å². The van der Waals surface area contributed by atoms with Crippen LogP contribution in [0.1, 0.15) is 25.8 Å². The van der Waals surface area contributed by atoms with Crippen LogP contribution in [0.2, 0.25) is 5.02 Å². The van der Waals surface area contributed by atoms with E-state index < -0.39 is 0 Å². The van der Waals surface area contributed by atoms with Crippen molar-refractivity contribution in [3.05, 3.63) is 46.3 Å². The van der Waals surface area contributed by atoms with Gasteiger partial charge in [0.1, 0.15) is 5.82 Å². The summed E-state index contributed by atoms with van der Waals surface area (Å²) in [6, 6.07) is 4.84. The van der Waals surface area contributed by atoms with Crippen LogP contribution in [-0.2, 0) is 6.42 Å². The Labute approximate surface area is 108 Å². The number of allylic oxidation sites excluding steroid dienone is 1. The lowest BCUT2D eigenvalue weighted by molar-refractivity contribution is 0.613. The maximum Gasteiger partial charge on any atom is 0.128 e. The highest BCUT2D eigenvalue weighted by Crippen LogP contribution is 2.17. The van der Waals surface area contributed by atoms with E-state index in [1.165, 1.54) is 11.6 Å². The molecule has 0 aliphatic heterocycles. The van der Waals surface area contributed by atoms with E-state index in [1.54, 1.807) is 12.1 Å². The third-order valence-electron chi connectivity index (χ3n) is 2.55. The molecular formula is C14H19ClFN. The SMILES string of the molecule is CCNCC/C=C(/C)Cc1ccc(Cl)cc1F. The van der Waals surface area contributed by atoms with E-state index in [4.69, 9.17) is 11.6 Å². The molecule has 94 valence electrons. The Hall–Kier alpha value is -0.860. The zero-order chi connectivity index (χ0) is 12.7. The van der Waals surface area contributed by atoms with Crippen molar-refractivity contribution in [3.63, 3.8) is 0 Å². The first-order valence-corrected chi connectivity index (χ1v) is 6.31. The highest BCUT2D eigenvalue weighted by atomic mass is 35.5. The number of hydrogen-bond donors (Lipinski definition) is 1. The minimum Gasteiger partial charge on any atom is -0.317 e. The molecule has 1 rings (SSSR count). The molecule has 0 bridgehead atoms. The van der Waals surface area contributed by atoms with Gasteiger partial charge >= 0.3 is 0 Å². The molecule has 17 heavy (non-hydrogen) atoms. The van der Waals surface area contributed by atoms with E-state index in [1.807, 2.05) is 6.92 Å². The standard InChI is InChI=1S/C14H19ClFN/c1-3-17-8-4-5-11(2)9-12-6-7-13(15)10-14(12)16/h5-7,10,17H,3-4,8-9H2,1-2H3/b11-5-. The molecule has 1 nitrogen and oxygen atoms in total. The highest BCUT2D eigenvalue weighted by molar-refractivity contribution is 6.30. The first-order chi connectivity index (χ1) is 8.13. The quantitative estimate of drug-likeness (QED) is 0.599. The zero-order valence-corrected chi connectivity index (χ0v) is 11.1. The summed E-state index contributed by atoms with van der Waals surface area (Å²) in [5, 5.41) is 3.69. The fraction of sp³-hybridized carbons (Fsp3) is 0.429. The Balaban J connectivity index is 2.52. The largest absolute Gasteiger partial charge is 0.317 e. The molecule has 0 fully saturated rings. The molecule has 0 amide bonds. The van der Waals surface area contributed by atoms with Gasteiger partial charge in [-0.2, -0.15) is 0 Å². The van der Waals surface area contributed by atoms with E-state index in [-0.39, 0.29) is 5.82 Å². The number of hydrogen-bond acceptors (Lipinski definition) is 1. The van der Waals surface area contributed by atoms with Crippen LogP contribution in [0, 0.1) is 5.82 Å². The summed E-state index contributed by atoms with van der Waals surface area (Å²) in [5.74, 6) is -0.225. The third kappa shape index (κ3) is 5.33. The van der Waals surface area contributed by atoms with E-state index in [2.05, 4.69) is 18.3 Å². The molecule has 0 spiro atoms. The normalized spacial score (nSPS) is 11.9. The van der Waals surface area contributed by atoms with Crippen molar-refractivity contribution in [1.82, 2.24) is 5.32 Å². The van der Waals surface area contributed by atoms with Gasteiger partial charge in [-0.25, -0.2) is 4.39 Å². The molecule has 0 saturated carbocycles. The number of halogens is 2. The molecule has 0 saturated heterocycles. The van der Waals surface area contributed by atoms with Gasteiger partial charge in [-0.3, -0.25) is 0 Å². The second kappa shape index (κ2) is 7.46. The van der Waals surface area contributed by atoms with Crippen LogP contribution in [0.25, 0.3) is 0 Å². The number of nitrogens with one attached hydrogen (secondary N) is 1. The average Bonchev–Trinajstić information content (AvgIpc) is 2.28. The predicted molar refractivity (Wildman–Crippen MR) is 72.0 cm³/mol. The molecule has 3 heteroatoms. The summed E-state index contributed by atoms with van der Waals surface area (Å²) >= 11 is 5.71. The minimum absolute atomic E-state index is 0.225. The number of rotatable bonds is 6. The lowest BCUT2D eigenvalue weighted by atomic mass is 10.1. The monoisotopic (exact) mass is 255 g/mol. The lowest BCUT2D eigenvalue weighted by Crippen LogP contribution is -2.13. The van der Waals surface area contributed by atoms with E-state index in [0.29, 0.717) is 17.0 Å². The third-order valence-corrected chi connectivity index (χ3v) is 2.78. The van der Waals surface area contributed by atoms with Gasteiger partial charge in [0.05, 0.1) is 0 Å². The van der Waals surface area contributed by atoms with Crippen molar-refractivity contribution in [1.29, 1.82) is 0 Å². The molecule has 1 N–H and O–H groups in total. The van der Waals surface area contributed by atoms with Crippen molar-refractivity contribution in [3.8, 4) is 0 Å². The van der Waals surface area contributed by atoms with Gasteiger partial charge < -0.3 is 5.32 Å². The van der Waals surface area contributed by atoms with Gasteiger partial charge in [0, 0.05) is 5.02 Å². The van der Waals surface area contributed by atoms with Crippen molar-refractivity contribution in [2.45, 2.75) is 26.7 Å². The summed E-state index contributed by atoms with van der Waals surface area (Å²) in [6.07, 6.45) is 3.78. The average molecular weight is 256 g/mol. The minimum atomic E-state index is -0.225. The van der Waals surface area contributed by atoms with E-state index in [0.717, 1.165) is 19.5 Å². The van der Waals surface area contributed by atoms with Crippen molar-refractivity contribution in [2.24, 2.45) is 0 Å². The first kappa shape index (κ1) is 14.2. The van der Waals surface area contributed by atoms with Gasteiger partial charge in [-0.05, 0) is 50.6 Å². The summed E-state index contributed by atoms with van der Waals surface area (Å²) < 4.78 is 13.5. The Morgan fingerprint density at radius 2 is 2.24 bits per heavy atom. The van der Waals surface area contributed by atoms with E-state index >= 15 is 0 Å². The molecule has 0 aliphatic carbocycles. The van der Waals surface area contributed by atoms with Gasteiger partial charge in [-0.15, -0.1) is 0 Å². The van der Waals surface area contributed by atoms with Crippen LogP contribution < -0.4 is 5.32 Å². The summed E-state index contributed by atoms with van der Waals surface area (Å²) in [5.41, 5.74) is 1.88. The van der Waals surface area contributed by atoms with Crippen LogP contribution in [0.4, 0.5) is 4.39 Å². The molecule has 0 aromatic heterocycles. The second-order valence-electron chi connectivity index (χ2n) is 4.11. The van der Waals surface area contributed by atoms with Crippen molar-refractivity contribution >= 4 is 11.6 Å². The maximum absolute atomic E-state index is 13.5. The first-order valence-electron chi connectivity index (χ1n) is 5.93. The van der Waals surface area contributed by atoms with Crippen molar-refractivity contribution < 1.29 is 4.39 Å². The predicted octanol–water partition coefficient (Wildman–Crippen LogP) is 3.97. The van der Waals surface area contributed by atoms with Crippen LogP contribution in [0.3, 0.4) is 0 Å². The molecule has 0 radical (unpaired) electrons. The summed E-state index contributed by atoms with van der Waals surface area (Å²) in [4.78, 5) is 0. The highest BCUT2D eigenvalue weighted by Gasteiger charge is 2.03. The van der Waals surface area contributed by atoms with Gasteiger partial charge in [0.15, 0.2) is 0 Å². The number of benzene rings is 1. The Bertz CT molecular complexity index is 388. The Morgan fingerprint density at radius 1 is 1.47 bits per heavy atom. The summed E-state index contributed by atoms with van der Waals surface area (Å²) in [7, 11) is 0. The summed E-state index contributed by atoms with van der Waals surface area (Å²) in [6.45, 7) is 6.06. The molecule has 0 heterocycles. The fourth-order valence-electron chi connectivity index (χ4n) is 1.64. The second-order valence-corrected chi connectivity index (χ2v) is 4.54. The molecular weight excluding hydrogens is 237 g/mol. The maximum atomic E-state index is 13.5. The lowest BCUT2D eigenvalue weighted by Gasteiger charge is -2.05. The Morgan fingerprint density at radius 3 is 2.88 bits per heavy atom. The topological polar surface area (TPSA) is 12.0 Å². The zero-order valence-electron chi connectivity index (χ0n) is 10.4. The van der Waals surface area contributed by atoms with Gasteiger partial charge in [-0.1, -0.05) is 36.2 Å². The van der Waals surface area contributed by atoms with Gasteiger partial charge in [0.2, 0.25) is 0 Å². The smallest absolute Gasteiger partial charge is 0.128 e. The Kier molecular flexibility index (Phi) is 6.23. The van der Waals surface area contributed by atoms with Crippen LogP contribution >= 0.6 is 11.6 Å². The van der Waals surface area contributed by atoms with Crippen molar-refractivity contribution in [2.75, 3.05) is 13.1 Å². The molecule has 0 aliphatic rings.